The highest BCUT2D eigenvalue weighted by Crippen LogP contribution is 2.18. The first kappa shape index (κ1) is 19.9. The van der Waals surface area contributed by atoms with E-state index in [-0.39, 0.29) is 17.5 Å². The maximum absolute atomic E-state index is 12.2. The predicted octanol–water partition coefficient (Wildman–Crippen LogP) is 0.524. The van der Waals surface area contributed by atoms with E-state index in [2.05, 4.69) is 16.3 Å². The highest BCUT2D eigenvalue weighted by Gasteiger charge is 2.19. The first-order valence-electron chi connectivity index (χ1n) is 9.33. The van der Waals surface area contributed by atoms with Gasteiger partial charge in [-0.1, -0.05) is 24.3 Å². The van der Waals surface area contributed by atoms with E-state index < -0.39 is 11.2 Å². The molecule has 0 bridgehead atoms. The lowest BCUT2D eigenvalue weighted by molar-refractivity contribution is 0.0791. The third-order valence-corrected chi connectivity index (χ3v) is 5.29. The number of hydrogen-bond donors (Lipinski definition) is 2. The number of aromatic nitrogens is 2. The maximum Gasteiger partial charge on any atom is 0.332 e. The van der Waals surface area contributed by atoms with Crippen molar-refractivity contribution in [2.45, 2.75) is 32.0 Å². The minimum absolute atomic E-state index is 0.0768. The minimum Gasteiger partial charge on any atom is -0.393 e. The average molecular weight is 383 g/mol. The second-order valence-corrected chi connectivity index (χ2v) is 7.17. The van der Waals surface area contributed by atoms with Crippen LogP contribution in [-0.2, 0) is 27.2 Å². The number of hydrogen-bond acceptors (Lipinski definition) is 6. The number of benzene rings is 1. The van der Waals surface area contributed by atoms with E-state index >= 15 is 0 Å². The molecule has 0 amide bonds. The molecule has 1 fully saturated rings. The number of anilines is 1. The van der Waals surface area contributed by atoms with Crippen LogP contribution in [0.15, 0.2) is 33.9 Å². The number of nitrogens with one attached hydrogen (secondary N) is 1. The lowest BCUT2D eigenvalue weighted by Crippen LogP contribution is -2.39. The van der Waals surface area contributed by atoms with Gasteiger partial charge in [0.1, 0.15) is 11.9 Å². The summed E-state index contributed by atoms with van der Waals surface area (Å²) in [7, 11) is 2.90. The Hall–Kier alpha value is -2.89. The lowest BCUT2D eigenvalue weighted by Gasteiger charge is -2.30. The van der Waals surface area contributed by atoms with E-state index in [1.165, 1.54) is 18.7 Å². The van der Waals surface area contributed by atoms with Crippen LogP contribution in [0.2, 0.25) is 0 Å². The van der Waals surface area contributed by atoms with Crippen LogP contribution in [0, 0.1) is 11.3 Å². The number of nitrogens with zero attached hydrogens (tertiary/aromatic N) is 4. The zero-order valence-corrected chi connectivity index (χ0v) is 16.2. The van der Waals surface area contributed by atoms with Crippen LogP contribution in [-0.4, -0.2) is 38.3 Å². The van der Waals surface area contributed by atoms with Crippen LogP contribution >= 0.6 is 0 Å². The fourth-order valence-corrected chi connectivity index (χ4v) is 3.53. The Morgan fingerprint density at radius 1 is 1.14 bits per heavy atom. The number of likely N-dealkylation sites (tertiary alicyclic amines) is 1. The number of piperidine rings is 1. The summed E-state index contributed by atoms with van der Waals surface area (Å²) in [6.07, 6.45) is 1.35. The number of aliphatic hydroxyl groups excluding tert-OH is 1. The van der Waals surface area contributed by atoms with Crippen molar-refractivity contribution in [2.75, 3.05) is 18.4 Å². The molecule has 2 heterocycles. The third-order valence-electron chi connectivity index (χ3n) is 5.29. The zero-order chi connectivity index (χ0) is 20.3. The quantitative estimate of drug-likeness (QED) is 0.780. The number of rotatable bonds is 5. The SMILES string of the molecule is Cn1c(NCc2ccccc2CN2CCC(O)CC2)c(C#N)c(=O)n(C)c1=O. The molecule has 1 aliphatic heterocycles. The summed E-state index contributed by atoms with van der Waals surface area (Å²) < 4.78 is 2.22. The number of aliphatic hydroxyl groups is 1. The number of nitriles is 1. The molecule has 0 saturated carbocycles. The van der Waals surface area contributed by atoms with Gasteiger partial charge < -0.3 is 10.4 Å². The van der Waals surface area contributed by atoms with Crippen LogP contribution in [0.3, 0.4) is 0 Å². The van der Waals surface area contributed by atoms with Gasteiger partial charge in [0.2, 0.25) is 0 Å². The molecule has 1 aromatic carbocycles. The Labute approximate surface area is 163 Å². The first-order chi connectivity index (χ1) is 13.4. The van der Waals surface area contributed by atoms with Crippen molar-refractivity contribution in [1.82, 2.24) is 14.0 Å². The van der Waals surface area contributed by atoms with Gasteiger partial charge in [-0.3, -0.25) is 18.8 Å². The molecule has 2 aromatic rings. The Kier molecular flexibility index (Phi) is 5.97. The summed E-state index contributed by atoms with van der Waals surface area (Å²) in [4.78, 5) is 26.7. The van der Waals surface area contributed by atoms with E-state index in [4.69, 9.17) is 0 Å². The Morgan fingerprint density at radius 2 is 1.79 bits per heavy atom. The fraction of sp³-hybridized carbons (Fsp3) is 0.450. The van der Waals surface area contributed by atoms with Crippen molar-refractivity contribution in [1.29, 1.82) is 5.26 Å². The van der Waals surface area contributed by atoms with Crippen molar-refractivity contribution in [3.63, 3.8) is 0 Å². The zero-order valence-electron chi connectivity index (χ0n) is 16.2. The van der Waals surface area contributed by atoms with Crippen molar-refractivity contribution in [3.05, 3.63) is 61.8 Å². The molecule has 0 aliphatic carbocycles. The van der Waals surface area contributed by atoms with Gasteiger partial charge >= 0.3 is 5.69 Å². The molecule has 8 nitrogen and oxygen atoms in total. The van der Waals surface area contributed by atoms with Crippen molar-refractivity contribution < 1.29 is 5.11 Å². The Bertz CT molecular complexity index is 1010. The monoisotopic (exact) mass is 383 g/mol. The van der Waals surface area contributed by atoms with Gasteiger partial charge in [-0.25, -0.2) is 4.79 Å². The molecule has 0 unspecified atom stereocenters. The van der Waals surface area contributed by atoms with E-state index in [1.54, 1.807) is 0 Å². The van der Waals surface area contributed by atoms with Crippen molar-refractivity contribution in [2.24, 2.45) is 14.1 Å². The van der Waals surface area contributed by atoms with Crippen LogP contribution in [0.1, 0.15) is 29.5 Å². The summed E-state index contributed by atoms with van der Waals surface area (Å²) in [6.45, 7) is 2.86. The standard InChI is InChI=1S/C20H25N5O3/c1-23-18(17(11-21)19(27)24(2)20(23)28)22-12-14-5-3-4-6-15(14)13-25-9-7-16(26)8-10-25/h3-6,16,22,26H,7-10,12-13H2,1-2H3. The normalized spacial score (nSPS) is 15.4. The van der Waals surface area contributed by atoms with Crippen molar-refractivity contribution in [3.8, 4) is 6.07 Å². The summed E-state index contributed by atoms with van der Waals surface area (Å²) in [5, 5.41) is 22.2. The van der Waals surface area contributed by atoms with E-state index in [0.717, 1.165) is 48.2 Å². The largest absolute Gasteiger partial charge is 0.393 e. The van der Waals surface area contributed by atoms with Gasteiger partial charge in [0.05, 0.1) is 6.10 Å². The Morgan fingerprint density at radius 3 is 2.43 bits per heavy atom. The summed E-state index contributed by atoms with van der Waals surface area (Å²) in [5.74, 6) is 0.228. The summed E-state index contributed by atoms with van der Waals surface area (Å²) >= 11 is 0. The average Bonchev–Trinajstić information content (AvgIpc) is 2.70. The third kappa shape index (κ3) is 4.01. The van der Waals surface area contributed by atoms with E-state index in [9.17, 15) is 20.0 Å². The molecule has 0 radical (unpaired) electrons. The molecule has 28 heavy (non-hydrogen) atoms. The molecule has 0 spiro atoms. The molecule has 0 atom stereocenters. The smallest absolute Gasteiger partial charge is 0.332 e. The van der Waals surface area contributed by atoms with Crippen molar-refractivity contribution >= 4 is 5.82 Å². The van der Waals surface area contributed by atoms with Gasteiger partial charge in [0.15, 0.2) is 5.56 Å². The van der Waals surface area contributed by atoms with Crippen LogP contribution < -0.4 is 16.6 Å². The second kappa shape index (κ2) is 8.42. The van der Waals surface area contributed by atoms with Gasteiger partial charge in [-0.2, -0.15) is 5.26 Å². The molecule has 3 rings (SSSR count). The molecular formula is C20H25N5O3. The van der Waals surface area contributed by atoms with Crippen LogP contribution in [0.25, 0.3) is 0 Å². The highest BCUT2D eigenvalue weighted by atomic mass is 16.3. The second-order valence-electron chi connectivity index (χ2n) is 7.17. The summed E-state index contributed by atoms with van der Waals surface area (Å²) in [5.41, 5.74) is 1.01. The molecular weight excluding hydrogens is 358 g/mol. The molecule has 1 saturated heterocycles. The van der Waals surface area contributed by atoms with Gasteiger partial charge in [-0.15, -0.1) is 0 Å². The molecule has 1 aliphatic rings. The van der Waals surface area contributed by atoms with E-state index in [1.807, 2.05) is 24.3 Å². The first-order valence-corrected chi connectivity index (χ1v) is 9.33. The van der Waals surface area contributed by atoms with Crippen LogP contribution in [0.5, 0.6) is 0 Å². The van der Waals surface area contributed by atoms with Gasteiger partial charge in [0.25, 0.3) is 5.56 Å². The fourth-order valence-electron chi connectivity index (χ4n) is 3.53. The molecule has 1 aromatic heterocycles. The van der Waals surface area contributed by atoms with Crippen LogP contribution in [0.4, 0.5) is 5.82 Å². The molecule has 8 heteroatoms. The predicted molar refractivity (Wildman–Crippen MR) is 106 cm³/mol. The van der Waals surface area contributed by atoms with E-state index in [0.29, 0.717) is 6.54 Å². The molecule has 2 N–H and O–H groups in total. The maximum atomic E-state index is 12.2. The summed E-state index contributed by atoms with van der Waals surface area (Å²) in [6, 6.07) is 9.87. The van der Waals surface area contributed by atoms with Gasteiger partial charge in [0, 0.05) is 40.3 Å². The highest BCUT2D eigenvalue weighted by molar-refractivity contribution is 5.51. The topological polar surface area (TPSA) is 103 Å². The lowest BCUT2D eigenvalue weighted by atomic mass is 10.0. The molecule has 148 valence electrons. The minimum atomic E-state index is -0.603. The Balaban J connectivity index is 1.82. The van der Waals surface area contributed by atoms with Gasteiger partial charge in [-0.05, 0) is 24.0 Å².